The normalized spacial score (nSPS) is 22.2. The third kappa shape index (κ3) is 0.948. The van der Waals surface area contributed by atoms with Crippen LogP contribution in [0.15, 0.2) is 4.79 Å². The zero-order valence-electron chi connectivity index (χ0n) is 6.76. The summed E-state index contributed by atoms with van der Waals surface area (Å²) in [5, 5.41) is 0. The highest BCUT2D eigenvalue weighted by Crippen LogP contribution is 2.26. The fourth-order valence-corrected chi connectivity index (χ4v) is 2.83. The van der Waals surface area contributed by atoms with Gasteiger partial charge in [-0.1, -0.05) is 18.5 Å². The molecular formula is C8H11NOS. The number of aromatic nitrogens is 1. The molecule has 0 saturated heterocycles. The van der Waals surface area contributed by atoms with Crippen LogP contribution in [0.2, 0.25) is 0 Å². The SMILES string of the molecule is CC1Cc2sn(C)c(=O)c2C1. The van der Waals surface area contributed by atoms with E-state index in [1.807, 2.05) is 7.05 Å². The third-order valence-corrected chi connectivity index (χ3v) is 3.29. The zero-order valence-corrected chi connectivity index (χ0v) is 7.57. The van der Waals surface area contributed by atoms with Crippen molar-refractivity contribution in [3.8, 4) is 0 Å². The van der Waals surface area contributed by atoms with Crippen molar-refractivity contribution >= 4 is 11.5 Å². The van der Waals surface area contributed by atoms with Crippen LogP contribution in [0.4, 0.5) is 0 Å². The molecule has 1 aliphatic carbocycles. The maximum atomic E-state index is 11.4. The van der Waals surface area contributed by atoms with Crippen molar-refractivity contribution in [2.24, 2.45) is 13.0 Å². The maximum Gasteiger partial charge on any atom is 0.263 e. The minimum atomic E-state index is 0.231. The van der Waals surface area contributed by atoms with E-state index < -0.39 is 0 Å². The smallest absolute Gasteiger partial charge is 0.263 e. The predicted octanol–water partition coefficient (Wildman–Crippen LogP) is 1.18. The number of hydrogen-bond acceptors (Lipinski definition) is 2. The Labute approximate surface area is 69.6 Å². The van der Waals surface area contributed by atoms with Gasteiger partial charge in [-0.3, -0.25) is 8.75 Å². The highest BCUT2D eigenvalue weighted by molar-refractivity contribution is 7.06. The van der Waals surface area contributed by atoms with Crippen LogP contribution in [0.5, 0.6) is 0 Å². The van der Waals surface area contributed by atoms with Gasteiger partial charge in [0.05, 0.1) is 0 Å². The van der Waals surface area contributed by atoms with Gasteiger partial charge in [0.2, 0.25) is 0 Å². The van der Waals surface area contributed by atoms with Crippen molar-refractivity contribution in [3.63, 3.8) is 0 Å². The molecule has 0 aromatic carbocycles. The van der Waals surface area contributed by atoms with Gasteiger partial charge in [0.1, 0.15) is 0 Å². The van der Waals surface area contributed by atoms with Gasteiger partial charge in [0.15, 0.2) is 0 Å². The maximum absolute atomic E-state index is 11.4. The van der Waals surface area contributed by atoms with Crippen molar-refractivity contribution in [3.05, 3.63) is 20.8 Å². The third-order valence-electron chi connectivity index (χ3n) is 2.21. The molecule has 1 aromatic heterocycles. The summed E-state index contributed by atoms with van der Waals surface area (Å²) >= 11 is 1.61. The summed E-state index contributed by atoms with van der Waals surface area (Å²) in [6.07, 6.45) is 2.10. The van der Waals surface area contributed by atoms with Gasteiger partial charge < -0.3 is 0 Å². The highest BCUT2D eigenvalue weighted by atomic mass is 32.1. The summed E-state index contributed by atoms with van der Waals surface area (Å²) in [6.45, 7) is 2.20. The van der Waals surface area contributed by atoms with E-state index in [0.29, 0.717) is 5.92 Å². The molecule has 1 heterocycles. The molecule has 2 nitrogen and oxygen atoms in total. The molecule has 0 bridgehead atoms. The summed E-state index contributed by atoms with van der Waals surface area (Å²) in [4.78, 5) is 12.7. The molecule has 0 spiro atoms. The van der Waals surface area contributed by atoms with Crippen LogP contribution >= 0.6 is 11.5 Å². The van der Waals surface area contributed by atoms with E-state index in [-0.39, 0.29) is 5.56 Å². The van der Waals surface area contributed by atoms with E-state index in [1.54, 1.807) is 15.5 Å². The monoisotopic (exact) mass is 169 g/mol. The van der Waals surface area contributed by atoms with Crippen molar-refractivity contribution in [2.75, 3.05) is 0 Å². The fraction of sp³-hybridized carbons (Fsp3) is 0.625. The van der Waals surface area contributed by atoms with Crippen LogP contribution in [0.3, 0.4) is 0 Å². The largest absolute Gasteiger partial charge is 0.268 e. The van der Waals surface area contributed by atoms with Crippen molar-refractivity contribution in [2.45, 2.75) is 19.8 Å². The van der Waals surface area contributed by atoms with Crippen molar-refractivity contribution in [1.29, 1.82) is 0 Å². The molecule has 0 radical (unpaired) electrons. The molecule has 1 atom stereocenters. The lowest BCUT2D eigenvalue weighted by molar-refractivity contribution is 0.625. The topological polar surface area (TPSA) is 22.0 Å². The van der Waals surface area contributed by atoms with Gasteiger partial charge in [0.25, 0.3) is 5.56 Å². The Morgan fingerprint density at radius 2 is 2.27 bits per heavy atom. The van der Waals surface area contributed by atoms with Gasteiger partial charge >= 0.3 is 0 Å². The Bertz CT molecular complexity index is 336. The molecule has 11 heavy (non-hydrogen) atoms. The van der Waals surface area contributed by atoms with E-state index in [2.05, 4.69) is 6.92 Å². The molecule has 1 aromatic rings. The first-order chi connectivity index (χ1) is 5.18. The first kappa shape index (κ1) is 7.10. The van der Waals surface area contributed by atoms with Crippen LogP contribution in [0.1, 0.15) is 17.4 Å². The summed E-state index contributed by atoms with van der Waals surface area (Å²) in [6, 6.07) is 0. The first-order valence-corrected chi connectivity index (χ1v) is 4.64. The van der Waals surface area contributed by atoms with E-state index >= 15 is 0 Å². The number of aryl methyl sites for hydroxylation is 1. The van der Waals surface area contributed by atoms with E-state index in [1.165, 1.54) is 4.88 Å². The Hall–Kier alpha value is -0.570. The molecule has 0 amide bonds. The van der Waals surface area contributed by atoms with Gasteiger partial charge in [-0.05, 0) is 18.8 Å². The molecule has 0 saturated carbocycles. The summed E-state index contributed by atoms with van der Waals surface area (Å²) in [7, 11) is 1.84. The van der Waals surface area contributed by atoms with Gasteiger partial charge in [-0.25, -0.2) is 0 Å². The van der Waals surface area contributed by atoms with Crippen LogP contribution in [-0.4, -0.2) is 3.96 Å². The molecule has 3 heteroatoms. The highest BCUT2D eigenvalue weighted by Gasteiger charge is 2.23. The van der Waals surface area contributed by atoms with Gasteiger partial charge in [0, 0.05) is 17.5 Å². The van der Waals surface area contributed by atoms with Gasteiger partial charge in [-0.2, -0.15) is 0 Å². The molecule has 0 fully saturated rings. The van der Waals surface area contributed by atoms with Crippen LogP contribution in [0.25, 0.3) is 0 Å². The molecule has 0 aliphatic heterocycles. The summed E-state index contributed by atoms with van der Waals surface area (Å²) in [5.74, 6) is 0.685. The number of fused-ring (bicyclic) bond motifs is 1. The second-order valence-electron chi connectivity index (χ2n) is 3.31. The Balaban J connectivity index is 2.57. The lowest BCUT2D eigenvalue weighted by Crippen LogP contribution is -2.13. The molecule has 60 valence electrons. The molecule has 1 unspecified atom stereocenters. The molecule has 0 N–H and O–H groups in total. The average Bonchev–Trinajstić information content (AvgIpc) is 2.37. The molecule has 2 rings (SSSR count). The predicted molar refractivity (Wildman–Crippen MR) is 46.1 cm³/mol. The number of rotatable bonds is 0. The van der Waals surface area contributed by atoms with E-state index in [4.69, 9.17) is 0 Å². The van der Waals surface area contributed by atoms with Gasteiger partial charge in [-0.15, -0.1) is 0 Å². The zero-order chi connectivity index (χ0) is 8.01. The second-order valence-corrected chi connectivity index (χ2v) is 4.53. The number of hydrogen-bond donors (Lipinski definition) is 0. The molecule has 1 aliphatic rings. The quantitative estimate of drug-likeness (QED) is 0.571. The Morgan fingerprint density at radius 3 is 2.91 bits per heavy atom. The Kier molecular flexibility index (Phi) is 1.42. The standard InChI is InChI=1S/C8H11NOS/c1-5-3-6-7(4-5)11-9(2)8(6)10/h5H,3-4H2,1-2H3. The second kappa shape index (κ2) is 2.21. The summed E-state index contributed by atoms with van der Waals surface area (Å²) < 4.78 is 1.73. The minimum Gasteiger partial charge on any atom is -0.268 e. The average molecular weight is 169 g/mol. The number of nitrogens with zero attached hydrogens (tertiary/aromatic N) is 1. The van der Waals surface area contributed by atoms with Crippen molar-refractivity contribution < 1.29 is 0 Å². The van der Waals surface area contributed by atoms with E-state index in [9.17, 15) is 4.79 Å². The lowest BCUT2D eigenvalue weighted by Gasteiger charge is -1.96. The van der Waals surface area contributed by atoms with Crippen molar-refractivity contribution in [1.82, 2.24) is 3.96 Å². The summed E-state index contributed by atoms with van der Waals surface area (Å²) in [5.41, 5.74) is 1.30. The van der Waals surface area contributed by atoms with Crippen LogP contribution in [-0.2, 0) is 19.9 Å². The fourth-order valence-electron chi connectivity index (χ4n) is 1.67. The Morgan fingerprint density at radius 1 is 1.55 bits per heavy atom. The molecular weight excluding hydrogens is 158 g/mol. The lowest BCUT2D eigenvalue weighted by atomic mass is 10.1. The van der Waals surface area contributed by atoms with Crippen LogP contribution < -0.4 is 5.56 Å². The van der Waals surface area contributed by atoms with Crippen LogP contribution in [0, 0.1) is 5.92 Å². The minimum absolute atomic E-state index is 0.231. The van der Waals surface area contributed by atoms with E-state index in [0.717, 1.165) is 18.4 Å². The first-order valence-electron chi connectivity index (χ1n) is 3.86.